The van der Waals surface area contributed by atoms with Crippen LogP contribution in [0, 0.1) is 0 Å². The highest BCUT2D eigenvalue weighted by Crippen LogP contribution is 2.27. The van der Waals surface area contributed by atoms with Crippen LogP contribution in [-0.2, 0) is 20.9 Å². The fraction of sp³-hybridized carbons (Fsp3) is 0.320. The van der Waals surface area contributed by atoms with E-state index < -0.39 is 30.0 Å². The van der Waals surface area contributed by atoms with Gasteiger partial charge < -0.3 is 24.3 Å². The monoisotopic (exact) mass is 503 g/mol. The van der Waals surface area contributed by atoms with Gasteiger partial charge in [-0.2, -0.15) is 0 Å². The Labute approximate surface area is 204 Å². The molecule has 0 unspecified atom stereocenters. The number of anilines is 1. The lowest BCUT2D eigenvalue weighted by Crippen LogP contribution is -2.44. The van der Waals surface area contributed by atoms with Gasteiger partial charge in [0.05, 0.1) is 6.61 Å². The number of hydrogen-bond acceptors (Lipinski definition) is 5. The molecule has 1 aromatic heterocycles. The first-order valence-electron chi connectivity index (χ1n) is 11.4. The van der Waals surface area contributed by atoms with Crippen LogP contribution in [0.1, 0.15) is 30.3 Å². The third kappa shape index (κ3) is 5.61. The number of aromatic nitrogens is 1. The molecule has 2 amide bonds. The molecule has 0 radical (unpaired) electrons. The highest BCUT2D eigenvalue weighted by molar-refractivity contribution is 5.99. The minimum Gasteiger partial charge on any atom is -0.461 e. The summed E-state index contributed by atoms with van der Waals surface area (Å²) in [4.78, 5) is 40.2. The Morgan fingerprint density at radius 1 is 1.08 bits per heavy atom. The van der Waals surface area contributed by atoms with Gasteiger partial charge in [-0.25, -0.2) is 4.79 Å². The molecule has 1 aliphatic heterocycles. The van der Waals surface area contributed by atoms with Gasteiger partial charge in [0.2, 0.25) is 11.8 Å². The van der Waals surface area contributed by atoms with Crippen molar-refractivity contribution in [3.63, 3.8) is 0 Å². The molecule has 1 N–H and O–H groups in total. The van der Waals surface area contributed by atoms with Gasteiger partial charge in [0, 0.05) is 29.2 Å². The third-order valence-electron chi connectivity index (χ3n) is 5.80. The number of amides is 2. The molecule has 190 valence electrons. The zero-order chi connectivity index (χ0) is 25.9. The van der Waals surface area contributed by atoms with Gasteiger partial charge in [-0.05, 0) is 44.0 Å². The number of hydrogen-bond donors (Lipinski definition) is 1. The molecular formula is C25H24F3N3O5. The summed E-state index contributed by atoms with van der Waals surface area (Å²) in [6, 6.07) is 13.0. The largest absolute Gasteiger partial charge is 0.573 e. The van der Waals surface area contributed by atoms with Gasteiger partial charge in [0.25, 0.3) is 0 Å². The first kappa shape index (κ1) is 25.1. The van der Waals surface area contributed by atoms with E-state index in [4.69, 9.17) is 4.74 Å². The van der Waals surface area contributed by atoms with Gasteiger partial charge in [-0.1, -0.05) is 24.3 Å². The summed E-state index contributed by atoms with van der Waals surface area (Å²) >= 11 is 0. The van der Waals surface area contributed by atoms with E-state index in [-0.39, 0.29) is 30.4 Å². The molecule has 1 fully saturated rings. The number of benzene rings is 2. The molecule has 3 aromatic rings. The number of carbonyl (C=O) groups excluding carboxylic acids is 3. The summed E-state index contributed by atoms with van der Waals surface area (Å²) in [6.45, 7) is 2.02. The number of ether oxygens (including phenoxy) is 2. The van der Waals surface area contributed by atoms with Crippen molar-refractivity contribution < 1.29 is 37.0 Å². The van der Waals surface area contributed by atoms with Gasteiger partial charge in [0.1, 0.15) is 24.0 Å². The third-order valence-corrected chi connectivity index (χ3v) is 5.80. The van der Waals surface area contributed by atoms with E-state index in [1.807, 2.05) is 12.1 Å². The smallest absolute Gasteiger partial charge is 0.461 e. The molecular weight excluding hydrogens is 479 g/mol. The average molecular weight is 503 g/mol. The number of esters is 1. The maximum Gasteiger partial charge on any atom is 0.573 e. The molecule has 11 heteroatoms. The lowest BCUT2D eigenvalue weighted by Gasteiger charge is -2.25. The van der Waals surface area contributed by atoms with E-state index in [2.05, 4.69) is 10.1 Å². The van der Waals surface area contributed by atoms with Gasteiger partial charge in [0.15, 0.2) is 0 Å². The Hall–Kier alpha value is -4.02. The Bertz CT molecular complexity index is 1290. The van der Waals surface area contributed by atoms with E-state index in [0.29, 0.717) is 24.9 Å². The van der Waals surface area contributed by atoms with Crippen LogP contribution in [0.4, 0.5) is 18.9 Å². The second-order valence-electron chi connectivity index (χ2n) is 8.21. The quantitative estimate of drug-likeness (QED) is 0.485. The molecule has 0 aliphatic carbocycles. The normalized spacial score (nSPS) is 15.7. The molecule has 0 spiro atoms. The molecule has 0 bridgehead atoms. The average Bonchev–Trinajstić information content (AvgIpc) is 3.44. The highest BCUT2D eigenvalue weighted by Gasteiger charge is 2.35. The highest BCUT2D eigenvalue weighted by atomic mass is 19.4. The summed E-state index contributed by atoms with van der Waals surface area (Å²) in [5.74, 6) is -1.91. The second-order valence-corrected chi connectivity index (χ2v) is 8.21. The Balaban J connectivity index is 1.51. The standard InChI is InChI=1S/C25H24F3N3O5/c1-2-35-24(34)21-13-16-7-3-4-10-19(16)31(21)15-22(32)30-12-6-11-20(30)23(33)29-17-8-5-9-18(14-17)36-25(26,27)28/h3-5,7-10,13-14,20H,2,6,11-12,15H2,1H3,(H,29,33)/t20-/m0/s1. The summed E-state index contributed by atoms with van der Waals surface area (Å²) in [5, 5.41) is 3.34. The molecule has 8 nitrogen and oxygen atoms in total. The Kier molecular flexibility index (Phi) is 7.18. The second kappa shape index (κ2) is 10.3. The summed E-state index contributed by atoms with van der Waals surface area (Å²) < 4.78 is 48.1. The maximum absolute atomic E-state index is 13.3. The predicted octanol–water partition coefficient (Wildman–Crippen LogP) is 4.35. The number of rotatable bonds is 7. The van der Waals surface area contributed by atoms with Crippen molar-refractivity contribution in [2.24, 2.45) is 0 Å². The topological polar surface area (TPSA) is 89.9 Å². The lowest BCUT2D eigenvalue weighted by atomic mass is 10.2. The summed E-state index contributed by atoms with van der Waals surface area (Å²) in [7, 11) is 0. The number of fused-ring (bicyclic) bond motifs is 1. The van der Waals surface area contributed by atoms with Crippen LogP contribution in [-0.4, -0.2) is 52.8 Å². The minimum atomic E-state index is -4.86. The first-order chi connectivity index (χ1) is 17.2. The number of para-hydroxylation sites is 1. The predicted molar refractivity (Wildman–Crippen MR) is 124 cm³/mol. The fourth-order valence-corrected chi connectivity index (χ4v) is 4.32. The molecule has 2 aromatic carbocycles. The maximum atomic E-state index is 13.3. The number of alkyl halides is 3. The zero-order valence-corrected chi connectivity index (χ0v) is 19.4. The van der Waals surface area contributed by atoms with Crippen molar-refractivity contribution >= 4 is 34.4 Å². The molecule has 36 heavy (non-hydrogen) atoms. The van der Waals surface area contributed by atoms with E-state index in [9.17, 15) is 27.6 Å². The van der Waals surface area contributed by atoms with Crippen molar-refractivity contribution in [1.82, 2.24) is 9.47 Å². The van der Waals surface area contributed by atoms with E-state index in [1.54, 1.807) is 29.7 Å². The van der Waals surface area contributed by atoms with Crippen LogP contribution in [0.2, 0.25) is 0 Å². The van der Waals surface area contributed by atoms with Crippen molar-refractivity contribution in [1.29, 1.82) is 0 Å². The van der Waals surface area contributed by atoms with Gasteiger partial charge >= 0.3 is 12.3 Å². The van der Waals surface area contributed by atoms with Crippen molar-refractivity contribution in [2.45, 2.75) is 38.7 Å². The molecule has 1 aliphatic rings. The van der Waals surface area contributed by atoms with Crippen LogP contribution in [0.15, 0.2) is 54.6 Å². The Morgan fingerprint density at radius 2 is 1.86 bits per heavy atom. The number of carbonyl (C=O) groups is 3. The van der Waals surface area contributed by atoms with Crippen molar-refractivity contribution in [2.75, 3.05) is 18.5 Å². The summed E-state index contributed by atoms with van der Waals surface area (Å²) in [6.07, 6.45) is -3.88. The summed E-state index contributed by atoms with van der Waals surface area (Å²) in [5.41, 5.74) is 1.02. The number of likely N-dealkylation sites (tertiary alicyclic amines) is 1. The van der Waals surface area contributed by atoms with E-state index in [0.717, 1.165) is 17.5 Å². The van der Waals surface area contributed by atoms with Crippen LogP contribution in [0.25, 0.3) is 10.9 Å². The van der Waals surface area contributed by atoms with Gasteiger partial charge in [-0.3, -0.25) is 9.59 Å². The van der Waals surface area contributed by atoms with E-state index >= 15 is 0 Å². The minimum absolute atomic E-state index is 0.113. The molecule has 2 heterocycles. The number of nitrogens with one attached hydrogen (secondary N) is 1. The fourth-order valence-electron chi connectivity index (χ4n) is 4.32. The van der Waals surface area contributed by atoms with Gasteiger partial charge in [-0.15, -0.1) is 13.2 Å². The molecule has 4 rings (SSSR count). The van der Waals surface area contributed by atoms with E-state index in [1.165, 1.54) is 17.0 Å². The SMILES string of the molecule is CCOC(=O)c1cc2ccccc2n1CC(=O)N1CCC[C@H]1C(=O)Nc1cccc(OC(F)(F)F)c1. The van der Waals surface area contributed by atoms with Crippen LogP contribution < -0.4 is 10.1 Å². The Morgan fingerprint density at radius 3 is 2.61 bits per heavy atom. The number of nitrogens with zero attached hydrogens (tertiary/aromatic N) is 2. The van der Waals surface area contributed by atoms with Crippen molar-refractivity contribution in [3.05, 3.63) is 60.3 Å². The van der Waals surface area contributed by atoms with Crippen molar-refractivity contribution in [3.8, 4) is 5.75 Å². The van der Waals surface area contributed by atoms with Crippen LogP contribution in [0.3, 0.4) is 0 Å². The van der Waals surface area contributed by atoms with Crippen LogP contribution >= 0.6 is 0 Å². The van der Waals surface area contributed by atoms with Crippen LogP contribution in [0.5, 0.6) is 5.75 Å². The molecule has 0 saturated carbocycles. The zero-order valence-electron chi connectivity index (χ0n) is 19.4. The molecule has 1 saturated heterocycles. The molecule has 1 atom stereocenters. The first-order valence-corrected chi connectivity index (χ1v) is 11.4. The number of halogens is 3. The lowest BCUT2D eigenvalue weighted by molar-refractivity contribution is -0.274.